The van der Waals surface area contributed by atoms with Crippen LogP contribution in [-0.2, 0) is 0 Å². The van der Waals surface area contributed by atoms with Crippen LogP contribution in [0.2, 0.25) is 5.02 Å². The molecule has 1 aromatic carbocycles. The largest absolute Gasteiger partial charge is 0.369 e. The minimum Gasteiger partial charge on any atom is -0.369 e. The van der Waals surface area contributed by atoms with Crippen LogP contribution in [0.25, 0.3) is 16.9 Å². The van der Waals surface area contributed by atoms with Crippen molar-refractivity contribution < 1.29 is 0 Å². The van der Waals surface area contributed by atoms with Crippen molar-refractivity contribution in [2.45, 2.75) is 6.92 Å². The molecule has 0 aliphatic carbocycles. The van der Waals surface area contributed by atoms with Crippen molar-refractivity contribution in [3.8, 4) is 5.69 Å². The Morgan fingerprint density at radius 3 is 2.74 bits per heavy atom. The van der Waals surface area contributed by atoms with Crippen molar-refractivity contribution in [3.05, 3.63) is 44.6 Å². The molecule has 96 valence electrons. The van der Waals surface area contributed by atoms with E-state index in [2.05, 4.69) is 32.6 Å². The van der Waals surface area contributed by atoms with E-state index in [9.17, 15) is 0 Å². The van der Waals surface area contributed by atoms with Gasteiger partial charge in [0.05, 0.1) is 5.69 Å². The fourth-order valence-corrected chi connectivity index (χ4v) is 3.08. The fraction of sp³-hybridized carbons (Fsp3) is 0.0769. The van der Waals surface area contributed by atoms with E-state index >= 15 is 0 Å². The molecule has 0 radical (unpaired) electrons. The predicted molar refractivity (Wildman–Crippen MR) is 85.7 cm³/mol. The van der Waals surface area contributed by atoms with E-state index in [1.54, 1.807) is 0 Å². The lowest BCUT2D eigenvalue weighted by Gasteiger charge is -2.08. The molecule has 0 saturated carbocycles. The van der Waals surface area contributed by atoms with Gasteiger partial charge in [0.25, 0.3) is 0 Å². The van der Waals surface area contributed by atoms with E-state index in [0.29, 0.717) is 11.0 Å². The van der Waals surface area contributed by atoms with Gasteiger partial charge in [0.15, 0.2) is 5.65 Å². The van der Waals surface area contributed by atoms with Crippen molar-refractivity contribution in [1.29, 1.82) is 0 Å². The van der Waals surface area contributed by atoms with E-state index in [0.717, 1.165) is 26.1 Å². The Morgan fingerprint density at radius 1 is 1.21 bits per heavy atom. The van der Waals surface area contributed by atoms with Crippen LogP contribution < -0.4 is 5.73 Å². The molecule has 4 nitrogen and oxygen atoms in total. The average Bonchev–Trinajstić information content (AvgIpc) is 2.65. The molecule has 2 N–H and O–H groups in total. The number of nitrogens with zero attached hydrogens (tertiary/aromatic N) is 3. The molecule has 6 heteroatoms. The Balaban J connectivity index is 2.35. The van der Waals surface area contributed by atoms with Crippen LogP contribution in [0.3, 0.4) is 0 Å². The second kappa shape index (κ2) is 4.64. The molecule has 3 aromatic rings. The highest BCUT2D eigenvalue weighted by molar-refractivity contribution is 14.1. The number of fused-ring (bicyclic) bond motifs is 1. The van der Waals surface area contributed by atoms with Crippen LogP contribution in [0.5, 0.6) is 0 Å². The van der Waals surface area contributed by atoms with Crippen LogP contribution in [-0.4, -0.2) is 14.5 Å². The van der Waals surface area contributed by atoms with Gasteiger partial charge in [0, 0.05) is 14.3 Å². The number of aromatic nitrogens is 3. The lowest BCUT2D eigenvalue weighted by atomic mass is 10.3. The van der Waals surface area contributed by atoms with Crippen LogP contribution in [0.1, 0.15) is 5.69 Å². The average molecular weight is 385 g/mol. The summed E-state index contributed by atoms with van der Waals surface area (Å²) in [5, 5.41) is 0.695. The highest BCUT2D eigenvalue weighted by Crippen LogP contribution is 2.27. The molecule has 3 rings (SSSR count). The summed E-state index contributed by atoms with van der Waals surface area (Å²) in [7, 11) is 0. The smallest absolute Gasteiger partial charge is 0.207 e. The second-order valence-electron chi connectivity index (χ2n) is 4.20. The summed E-state index contributed by atoms with van der Waals surface area (Å²) in [5.41, 5.74) is 9.43. The van der Waals surface area contributed by atoms with Gasteiger partial charge < -0.3 is 5.73 Å². The fourth-order valence-electron chi connectivity index (χ4n) is 1.97. The summed E-state index contributed by atoms with van der Waals surface area (Å²) < 4.78 is 2.85. The number of halogens is 2. The maximum atomic E-state index is 6.02. The molecule has 0 unspecified atom stereocenters. The first-order valence-corrected chi connectivity index (χ1v) is 7.09. The first-order valence-electron chi connectivity index (χ1n) is 5.63. The number of rotatable bonds is 1. The molecule has 2 heterocycles. The number of pyridine rings is 1. The zero-order valence-corrected chi connectivity index (χ0v) is 13.0. The molecule has 0 bridgehead atoms. The minimum atomic E-state index is 0.424. The van der Waals surface area contributed by atoms with E-state index in [1.165, 1.54) is 0 Å². The number of imidazole rings is 1. The summed E-state index contributed by atoms with van der Waals surface area (Å²) >= 11 is 8.21. The van der Waals surface area contributed by atoms with Crippen LogP contribution in [0, 0.1) is 10.5 Å². The zero-order chi connectivity index (χ0) is 13.6. The molecule has 0 saturated heterocycles. The molecule has 0 aliphatic heterocycles. The summed E-state index contributed by atoms with van der Waals surface area (Å²) in [4.78, 5) is 8.86. The lowest BCUT2D eigenvalue weighted by Crippen LogP contribution is -2.03. The van der Waals surface area contributed by atoms with E-state index in [4.69, 9.17) is 17.3 Å². The van der Waals surface area contributed by atoms with Gasteiger partial charge in [0.1, 0.15) is 5.52 Å². The first-order chi connectivity index (χ1) is 9.06. The Kier molecular flexibility index (Phi) is 3.10. The number of benzene rings is 1. The van der Waals surface area contributed by atoms with Crippen LogP contribution in [0.15, 0.2) is 30.3 Å². The Bertz CT molecular complexity index is 782. The van der Waals surface area contributed by atoms with E-state index in [-0.39, 0.29) is 0 Å². The van der Waals surface area contributed by atoms with Crippen molar-refractivity contribution in [2.75, 3.05) is 5.73 Å². The summed E-state index contributed by atoms with van der Waals surface area (Å²) in [6, 6.07) is 9.49. The number of anilines is 1. The summed E-state index contributed by atoms with van der Waals surface area (Å²) in [6.45, 7) is 1.94. The molecule has 0 spiro atoms. The minimum absolute atomic E-state index is 0.424. The number of hydrogen-bond donors (Lipinski definition) is 1. The topological polar surface area (TPSA) is 56.7 Å². The molecular weight excluding hydrogens is 375 g/mol. The lowest BCUT2D eigenvalue weighted by molar-refractivity contribution is 1.06. The van der Waals surface area contributed by atoms with Crippen molar-refractivity contribution in [1.82, 2.24) is 14.5 Å². The molecule has 19 heavy (non-hydrogen) atoms. The van der Waals surface area contributed by atoms with Gasteiger partial charge in [-0.2, -0.15) is 0 Å². The standard InChI is InChI=1S/C13H10ClIN4/c1-7-2-4-10-12(17-7)19(13(16)18-10)11-5-3-8(14)6-9(11)15/h2-6H,1H3,(H2,16,18). The third kappa shape index (κ3) is 2.17. The van der Waals surface area contributed by atoms with Gasteiger partial charge in [-0.3, -0.25) is 4.57 Å². The summed E-state index contributed by atoms with van der Waals surface area (Å²) in [6.07, 6.45) is 0. The van der Waals surface area contributed by atoms with E-state index < -0.39 is 0 Å². The molecule has 0 atom stereocenters. The van der Waals surface area contributed by atoms with Crippen LogP contribution >= 0.6 is 34.2 Å². The molecule has 0 amide bonds. The van der Waals surface area contributed by atoms with Crippen molar-refractivity contribution in [3.63, 3.8) is 0 Å². The van der Waals surface area contributed by atoms with Crippen LogP contribution in [0.4, 0.5) is 5.95 Å². The van der Waals surface area contributed by atoms with Crippen molar-refractivity contribution in [2.24, 2.45) is 0 Å². The van der Waals surface area contributed by atoms with Gasteiger partial charge in [-0.1, -0.05) is 11.6 Å². The van der Waals surface area contributed by atoms with Gasteiger partial charge >= 0.3 is 0 Å². The normalized spacial score (nSPS) is 11.1. The van der Waals surface area contributed by atoms with Gasteiger partial charge in [0.2, 0.25) is 5.95 Å². The third-order valence-electron chi connectivity index (χ3n) is 2.82. The monoisotopic (exact) mass is 384 g/mol. The Morgan fingerprint density at radius 2 is 2.00 bits per heavy atom. The number of nitrogens with two attached hydrogens (primary N) is 1. The highest BCUT2D eigenvalue weighted by atomic mass is 127. The van der Waals surface area contributed by atoms with E-state index in [1.807, 2.05) is 41.8 Å². The third-order valence-corrected chi connectivity index (χ3v) is 3.92. The number of hydrogen-bond acceptors (Lipinski definition) is 3. The SMILES string of the molecule is Cc1ccc2nc(N)n(-c3ccc(Cl)cc3I)c2n1. The Labute approximate surface area is 128 Å². The maximum absolute atomic E-state index is 6.02. The Hall–Kier alpha value is -1.34. The quantitative estimate of drug-likeness (QED) is 0.653. The predicted octanol–water partition coefficient (Wildman–Crippen LogP) is 3.57. The molecule has 0 fully saturated rings. The number of nitrogen functional groups attached to an aromatic ring is 1. The van der Waals surface area contributed by atoms with Gasteiger partial charge in [-0.25, -0.2) is 9.97 Å². The molecule has 2 aromatic heterocycles. The zero-order valence-electron chi connectivity index (χ0n) is 10.1. The van der Waals surface area contributed by atoms with Crippen molar-refractivity contribution >= 4 is 51.3 Å². The molecular formula is C13H10ClIN4. The van der Waals surface area contributed by atoms with Gasteiger partial charge in [-0.05, 0) is 59.8 Å². The van der Waals surface area contributed by atoms with Gasteiger partial charge in [-0.15, -0.1) is 0 Å². The summed E-state index contributed by atoms with van der Waals surface area (Å²) in [5.74, 6) is 0.424. The second-order valence-corrected chi connectivity index (χ2v) is 5.80. The molecule has 0 aliphatic rings. The number of aryl methyl sites for hydroxylation is 1. The first kappa shape index (κ1) is 12.7. The maximum Gasteiger partial charge on any atom is 0.207 e. The highest BCUT2D eigenvalue weighted by Gasteiger charge is 2.13.